The van der Waals surface area contributed by atoms with Gasteiger partial charge in [0.15, 0.2) is 5.82 Å². The summed E-state index contributed by atoms with van der Waals surface area (Å²) in [6.45, 7) is 1.89. The van der Waals surface area contributed by atoms with E-state index in [1.807, 2.05) is 6.92 Å². The summed E-state index contributed by atoms with van der Waals surface area (Å²) in [6.07, 6.45) is 0.202. The highest BCUT2D eigenvalue weighted by atomic mass is 32.1. The topological polar surface area (TPSA) is 46.0 Å². The van der Waals surface area contributed by atoms with E-state index in [9.17, 15) is 0 Å². The summed E-state index contributed by atoms with van der Waals surface area (Å²) in [5.74, 6) is 0.544. The van der Waals surface area contributed by atoms with Crippen molar-refractivity contribution < 1.29 is 5.11 Å². The fraction of sp³-hybridized carbons (Fsp3) is 0.600. The molecule has 1 aromatic rings. The maximum atomic E-state index is 9.10. The summed E-state index contributed by atoms with van der Waals surface area (Å²) in [7, 11) is 0. The smallest absolute Gasteiger partial charge is 0.170 e. The van der Waals surface area contributed by atoms with Crippen LogP contribution in [0.2, 0.25) is 0 Å². The van der Waals surface area contributed by atoms with Crippen LogP contribution < -0.4 is 0 Å². The number of hydrogen-bond acceptors (Lipinski definition) is 4. The van der Waals surface area contributed by atoms with E-state index in [4.69, 9.17) is 5.11 Å². The molecule has 50 valence electrons. The molecule has 0 saturated heterocycles. The van der Waals surface area contributed by atoms with Gasteiger partial charge in [-0.15, -0.1) is 0 Å². The number of hydrogen-bond donors (Lipinski definition) is 1. The molecule has 0 spiro atoms. The Balaban J connectivity index is 2.65. The van der Waals surface area contributed by atoms with Crippen LogP contribution in [0.3, 0.4) is 0 Å². The summed E-state index contributed by atoms with van der Waals surface area (Å²) < 4.78 is 3.87. The zero-order chi connectivity index (χ0) is 6.69. The lowest BCUT2D eigenvalue weighted by Crippen LogP contribution is -1.96. The summed E-state index contributed by atoms with van der Waals surface area (Å²) in [5, 5.41) is 9.10. The van der Waals surface area contributed by atoms with Crippen molar-refractivity contribution in [1.82, 2.24) is 9.36 Å². The van der Waals surface area contributed by atoms with Gasteiger partial charge in [0.05, 0.1) is 0 Å². The van der Waals surface area contributed by atoms with Crippen molar-refractivity contribution in [1.29, 1.82) is 0 Å². The largest absolute Gasteiger partial charge is 0.385 e. The van der Waals surface area contributed by atoms with Crippen LogP contribution in [-0.4, -0.2) is 14.5 Å². The van der Waals surface area contributed by atoms with Crippen LogP contribution in [0, 0.1) is 0 Å². The molecule has 0 aliphatic rings. The lowest BCUT2D eigenvalue weighted by molar-refractivity contribution is 0.165. The Morgan fingerprint density at radius 1 is 1.89 bits per heavy atom. The molecule has 1 heterocycles. The van der Waals surface area contributed by atoms with Crippen LogP contribution in [0.25, 0.3) is 0 Å². The fourth-order valence-corrected chi connectivity index (χ4v) is 0.987. The number of aliphatic hydroxyl groups is 1. The average molecular weight is 144 g/mol. The predicted octanol–water partition coefficient (Wildman–Crippen LogP) is 0.982. The molecule has 4 heteroatoms. The maximum absolute atomic E-state index is 9.10. The average Bonchev–Trinajstić information content (AvgIpc) is 2.37. The first-order chi connectivity index (χ1) is 4.34. The van der Waals surface area contributed by atoms with Crippen LogP contribution in [0.4, 0.5) is 0 Å². The van der Waals surface area contributed by atoms with E-state index in [0.29, 0.717) is 12.2 Å². The van der Waals surface area contributed by atoms with Crippen molar-refractivity contribution in [2.24, 2.45) is 0 Å². The first-order valence-electron chi connectivity index (χ1n) is 2.79. The summed E-state index contributed by atoms with van der Waals surface area (Å²) in [4.78, 5) is 3.84. The maximum Gasteiger partial charge on any atom is 0.170 e. The van der Waals surface area contributed by atoms with Crippen LogP contribution in [0.5, 0.6) is 0 Å². The van der Waals surface area contributed by atoms with Crippen LogP contribution in [-0.2, 0) is 0 Å². The lowest BCUT2D eigenvalue weighted by Gasteiger charge is -1.98. The molecule has 0 aromatic carbocycles. The fourth-order valence-electron chi connectivity index (χ4n) is 0.508. The molecule has 0 radical (unpaired) electrons. The Morgan fingerprint density at radius 2 is 2.67 bits per heavy atom. The quantitative estimate of drug-likeness (QED) is 0.673. The second-order valence-corrected chi connectivity index (χ2v) is 2.32. The number of aromatic nitrogens is 2. The van der Waals surface area contributed by atoms with Gasteiger partial charge >= 0.3 is 0 Å². The second kappa shape index (κ2) is 2.89. The minimum absolute atomic E-state index is 0.476. The molecule has 1 N–H and O–H groups in total. The van der Waals surface area contributed by atoms with E-state index in [0.717, 1.165) is 0 Å². The van der Waals surface area contributed by atoms with Gasteiger partial charge in [-0.25, -0.2) is 4.98 Å². The Hall–Kier alpha value is -0.480. The third-order valence-electron chi connectivity index (χ3n) is 1.06. The molecule has 1 aromatic heterocycles. The standard InChI is InChI=1S/C5H8N2OS/c1-2-4(8)5-6-3-9-7-5/h3-4,8H,2H2,1H3. The second-order valence-electron chi connectivity index (χ2n) is 1.71. The highest BCUT2D eigenvalue weighted by molar-refractivity contribution is 7.03. The van der Waals surface area contributed by atoms with Gasteiger partial charge in [0, 0.05) is 0 Å². The molecule has 1 unspecified atom stereocenters. The molecule has 1 atom stereocenters. The molecule has 1 rings (SSSR count). The molecule has 3 nitrogen and oxygen atoms in total. The summed E-state index contributed by atoms with van der Waals surface area (Å²) in [5.41, 5.74) is 1.62. The first kappa shape index (κ1) is 6.64. The van der Waals surface area contributed by atoms with Gasteiger partial charge in [0.25, 0.3) is 0 Å². The highest BCUT2D eigenvalue weighted by Gasteiger charge is 2.06. The van der Waals surface area contributed by atoms with E-state index in [1.165, 1.54) is 11.5 Å². The van der Waals surface area contributed by atoms with Crippen molar-refractivity contribution in [2.45, 2.75) is 19.4 Å². The van der Waals surface area contributed by atoms with Gasteiger partial charge < -0.3 is 5.11 Å². The lowest BCUT2D eigenvalue weighted by atomic mass is 10.3. The van der Waals surface area contributed by atoms with Crippen molar-refractivity contribution in [3.63, 3.8) is 0 Å². The normalized spacial score (nSPS) is 13.6. The van der Waals surface area contributed by atoms with Crippen molar-refractivity contribution in [3.8, 4) is 0 Å². The van der Waals surface area contributed by atoms with Gasteiger partial charge in [0.1, 0.15) is 11.6 Å². The number of nitrogens with zero attached hydrogens (tertiary/aromatic N) is 2. The van der Waals surface area contributed by atoms with E-state index in [1.54, 1.807) is 5.51 Å². The van der Waals surface area contributed by atoms with Crippen molar-refractivity contribution in [3.05, 3.63) is 11.3 Å². The first-order valence-corrected chi connectivity index (χ1v) is 3.62. The van der Waals surface area contributed by atoms with Gasteiger partial charge in [-0.3, -0.25) is 0 Å². The molecule has 0 fully saturated rings. The van der Waals surface area contributed by atoms with Crippen LogP contribution in [0.1, 0.15) is 25.3 Å². The molecule has 0 saturated carbocycles. The molecule has 0 aliphatic carbocycles. The summed E-state index contributed by atoms with van der Waals surface area (Å²) in [6, 6.07) is 0. The Kier molecular flexibility index (Phi) is 2.13. The van der Waals surface area contributed by atoms with E-state index in [2.05, 4.69) is 9.36 Å². The number of aliphatic hydroxyl groups excluding tert-OH is 1. The van der Waals surface area contributed by atoms with Crippen LogP contribution >= 0.6 is 11.5 Å². The Morgan fingerprint density at radius 3 is 3.11 bits per heavy atom. The zero-order valence-electron chi connectivity index (χ0n) is 5.11. The van der Waals surface area contributed by atoms with E-state index < -0.39 is 6.10 Å². The van der Waals surface area contributed by atoms with Crippen molar-refractivity contribution >= 4 is 11.5 Å². The highest BCUT2D eigenvalue weighted by Crippen LogP contribution is 2.10. The molecular weight excluding hydrogens is 136 g/mol. The minimum Gasteiger partial charge on any atom is -0.385 e. The minimum atomic E-state index is -0.476. The van der Waals surface area contributed by atoms with Gasteiger partial charge in [0.2, 0.25) is 0 Å². The molecule has 0 bridgehead atoms. The van der Waals surface area contributed by atoms with Crippen LogP contribution in [0.15, 0.2) is 5.51 Å². The monoisotopic (exact) mass is 144 g/mol. The number of rotatable bonds is 2. The molecule has 0 amide bonds. The third-order valence-corrected chi connectivity index (χ3v) is 1.56. The SMILES string of the molecule is CCC(O)c1ncsn1. The van der Waals surface area contributed by atoms with Gasteiger partial charge in [-0.05, 0) is 18.0 Å². The Labute approximate surface area is 57.5 Å². The zero-order valence-corrected chi connectivity index (χ0v) is 5.93. The summed E-state index contributed by atoms with van der Waals surface area (Å²) >= 11 is 1.26. The Bertz CT molecular complexity index is 163. The van der Waals surface area contributed by atoms with Crippen molar-refractivity contribution in [2.75, 3.05) is 0 Å². The molecule has 0 aliphatic heterocycles. The van der Waals surface area contributed by atoms with E-state index >= 15 is 0 Å². The van der Waals surface area contributed by atoms with Gasteiger partial charge in [-0.2, -0.15) is 4.37 Å². The third kappa shape index (κ3) is 1.46. The predicted molar refractivity (Wildman–Crippen MR) is 35.2 cm³/mol. The molecule has 9 heavy (non-hydrogen) atoms. The van der Waals surface area contributed by atoms with E-state index in [-0.39, 0.29) is 0 Å². The van der Waals surface area contributed by atoms with Gasteiger partial charge in [-0.1, -0.05) is 6.92 Å². The molecular formula is C5H8N2OS.